The van der Waals surface area contributed by atoms with Crippen molar-refractivity contribution in [2.45, 2.75) is 25.4 Å². The van der Waals surface area contributed by atoms with Crippen molar-refractivity contribution in [3.63, 3.8) is 0 Å². The lowest BCUT2D eigenvalue weighted by Gasteiger charge is -2.21. The number of guanidine groups is 1. The zero-order valence-corrected chi connectivity index (χ0v) is 13.3. The van der Waals surface area contributed by atoms with Gasteiger partial charge in [-0.2, -0.15) is 0 Å². The van der Waals surface area contributed by atoms with E-state index in [-0.39, 0.29) is 0 Å². The Morgan fingerprint density at radius 3 is 2.82 bits per heavy atom. The molecule has 0 fully saturated rings. The molecule has 1 aliphatic carbocycles. The summed E-state index contributed by atoms with van der Waals surface area (Å²) in [4.78, 5) is 4.25. The Morgan fingerprint density at radius 2 is 2.05 bits per heavy atom. The quantitative estimate of drug-likeness (QED) is 0.510. The third kappa shape index (κ3) is 3.47. The van der Waals surface area contributed by atoms with E-state index in [0.717, 1.165) is 24.4 Å². The molecule has 0 radical (unpaired) electrons. The molecule has 0 atom stereocenters. The van der Waals surface area contributed by atoms with Gasteiger partial charge in [0, 0.05) is 19.6 Å². The van der Waals surface area contributed by atoms with E-state index in [4.69, 9.17) is 21.1 Å². The standard InChI is InChI=1S/C16H20ClN3O2/c1-18-16(20-12-4-2-3-5-12)19-10-11-8-13(17)15-14(9-11)21-6-7-22-15/h2-3,8-9,12H,4-7,10H2,1H3,(H2,18,19,20). The SMILES string of the molecule is CN=C(NCc1cc(Cl)c2c(c1)OCCO2)NC1CC=CC1. The van der Waals surface area contributed by atoms with Crippen LogP contribution in [-0.4, -0.2) is 32.3 Å². The number of ether oxygens (including phenoxy) is 2. The van der Waals surface area contributed by atoms with Crippen LogP contribution in [0.4, 0.5) is 0 Å². The highest BCUT2D eigenvalue weighted by molar-refractivity contribution is 6.32. The first-order valence-electron chi connectivity index (χ1n) is 7.46. The number of rotatable bonds is 3. The van der Waals surface area contributed by atoms with Crippen LogP contribution in [0, 0.1) is 0 Å². The Labute approximate surface area is 135 Å². The van der Waals surface area contributed by atoms with Gasteiger partial charge in [0.15, 0.2) is 17.5 Å². The fourth-order valence-corrected chi connectivity index (χ4v) is 2.86. The molecule has 2 aliphatic rings. The minimum atomic E-state index is 0.426. The summed E-state index contributed by atoms with van der Waals surface area (Å²) in [5.41, 5.74) is 1.03. The highest BCUT2D eigenvalue weighted by Gasteiger charge is 2.17. The summed E-state index contributed by atoms with van der Waals surface area (Å²) in [6, 6.07) is 4.28. The maximum atomic E-state index is 6.25. The van der Waals surface area contributed by atoms with Crippen molar-refractivity contribution in [3.05, 3.63) is 34.9 Å². The van der Waals surface area contributed by atoms with Crippen molar-refractivity contribution in [1.29, 1.82) is 0 Å². The Kier molecular flexibility index (Phi) is 4.73. The summed E-state index contributed by atoms with van der Waals surface area (Å²) in [6.07, 6.45) is 6.45. The lowest BCUT2D eigenvalue weighted by atomic mass is 10.2. The van der Waals surface area contributed by atoms with Crippen LogP contribution in [0.5, 0.6) is 11.5 Å². The second-order valence-corrected chi connectivity index (χ2v) is 5.72. The van der Waals surface area contributed by atoms with Gasteiger partial charge in [-0.1, -0.05) is 23.8 Å². The fourth-order valence-electron chi connectivity index (χ4n) is 2.58. The number of nitrogens with one attached hydrogen (secondary N) is 2. The minimum Gasteiger partial charge on any atom is -0.486 e. The van der Waals surface area contributed by atoms with E-state index in [2.05, 4.69) is 27.8 Å². The fraction of sp³-hybridized carbons (Fsp3) is 0.438. The molecule has 118 valence electrons. The summed E-state index contributed by atoms with van der Waals surface area (Å²) in [7, 11) is 1.77. The number of nitrogens with zero attached hydrogens (tertiary/aromatic N) is 1. The molecule has 0 saturated heterocycles. The van der Waals surface area contributed by atoms with E-state index in [1.54, 1.807) is 7.05 Å². The predicted molar refractivity (Wildman–Crippen MR) is 87.9 cm³/mol. The Bertz CT molecular complexity index is 593. The first-order valence-corrected chi connectivity index (χ1v) is 7.84. The summed E-state index contributed by atoms with van der Waals surface area (Å²) < 4.78 is 11.1. The van der Waals surface area contributed by atoms with Gasteiger partial charge in [0.25, 0.3) is 0 Å². The molecule has 3 rings (SSSR count). The Balaban J connectivity index is 1.61. The van der Waals surface area contributed by atoms with Gasteiger partial charge < -0.3 is 20.1 Å². The molecule has 1 heterocycles. The van der Waals surface area contributed by atoms with Crippen LogP contribution >= 0.6 is 11.6 Å². The van der Waals surface area contributed by atoms with E-state index < -0.39 is 0 Å². The van der Waals surface area contributed by atoms with E-state index in [1.807, 2.05) is 12.1 Å². The molecule has 2 N–H and O–H groups in total. The van der Waals surface area contributed by atoms with Gasteiger partial charge in [-0.05, 0) is 30.5 Å². The lowest BCUT2D eigenvalue weighted by Crippen LogP contribution is -2.42. The normalized spacial score (nSPS) is 17.6. The number of aliphatic imine (C=N–C) groups is 1. The zero-order chi connectivity index (χ0) is 15.4. The number of hydrogen-bond donors (Lipinski definition) is 2. The molecular formula is C16H20ClN3O2. The molecule has 0 aromatic heterocycles. The molecule has 0 spiro atoms. The topological polar surface area (TPSA) is 54.9 Å². The zero-order valence-electron chi connectivity index (χ0n) is 12.6. The predicted octanol–water partition coefficient (Wildman–Crippen LogP) is 2.49. The summed E-state index contributed by atoms with van der Waals surface area (Å²) in [5, 5.41) is 7.28. The number of halogens is 1. The summed E-state index contributed by atoms with van der Waals surface area (Å²) in [6.45, 7) is 1.71. The molecule has 0 amide bonds. The van der Waals surface area contributed by atoms with Crippen LogP contribution in [0.3, 0.4) is 0 Å². The van der Waals surface area contributed by atoms with Crippen LogP contribution in [0.2, 0.25) is 5.02 Å². The molecule has 1 aromatic rings. The van der Waals surface area contributed by atoms with Crippen molar-refractivity contribution in [3.8, 4) is 11.5 Å². The van der Waals surface area contributed by atoms with Gasteiger partial charge in [0.1, 0.15) is 13.2 Å². The van der Waals surface area contributed by atoms with E-state index in [1.165, 1.54) is 0 Å². The van der Waals surface area contributed by atoms with E-state index in [9.17, 15) is 0 Å². The number of hydrogen-bond acceptors (Lipinski definition) is 3. The Hall–Kier alpha value is -1.88. The number of fused-ring (bicyclic) bond motifs is 1. The molecule has 0 unspecified atom stereocenters. The molecule has 22 heavy (non-hydrogen) atoms. The average molecular weight is 322 g/mol. The van der Waals surface area contributed by atoms with Crippen molar-refractivity contribution in [2.24, 2.45) is 4.99 Å². The monoisotopic (exact) mass is 321 g/mol. The third-order valence-electron chi connectivity index (χ3n) is 3.69. The van der Waals surface area contributed by atoms with Crippen LogP contribution < -0.4 is 20.1 Å². The largest absolute Gasteiger partial charge is 0.486 e. The maximum absolute atomic E-state index is 6.25. The van der Waals surface area contributed by atoms with Crippen LogP contribution in [-0.2, 0) is 6.54 Å². The van der Waals surface area contributed by atoms with Crippen molar-refractivity contribution >= 4 is 17.6 Å². The van der Waals surface area contributed by atoms with Crippen LogP contribution in [0.1, 0.15) is 18.4 Å². The maximum Gasteiger partial charge on any atom is 0.191 e. The first kappa shape index (κ1) is 15.0. The molecular weight excluding hydrogens is 302 g/mol. The second kappa shape index (κ2) is 6.92. The van der Waals surface area contributed by atoms with Gasteiger partial charge in [0.05, 0.1) is 5.02 Å². The van der Waals surface area contributed by atoms with Crippen LogP contribution in [0.15, 0.2) is 29.3 Å². The molecule has 1 aliphatic heterocycles. The van der Waals surface area contributed by atoms with Gasteiger partial charge in [0.2, 0.25) is 0 Å². The second-order valence-electron chi connectivity index (χ2n) is 5.31. The molecule has 5 nitrogen and oxygen atoms in total. The summed E-state index contributed by atoms with van der Waals surface area (Å²) >= 11 is 6.25. The van der Waals surface area contributed by atoms with E-state index in [0.29, 0.717) is 42.3 Å². The van der Waals surface area contributed by atoms with Crippen molar-refractivity contribution < 1.29 is 9.47 Å². The smallest absolute Gasteiger partial charge is 0.191 e. The molecule has 1 aromatic carbocycles. The van der Waals surface area contributed by atoms with E-state index >= 15 is 0 Å². The number of benzene rings is 1. The highest BCUT2D eigenvalue weighted by atomic mass is 35.5. The van der Waals surface area contributed by atoms with Gasteiger partial charge >= 0.3 is 0 Å². The van der Waals surface area contributed by atoms with Gasteiger partial charge in [-0.25, -0.2) is 0 Å². The van der Waals surface area contributed by atoms with Gasteiger partial charge in [-0.15, -0.1) is 0 Å². The average Bonchev–Trinajstić information content (AvgIpc) is 3.04. The molecule has 0 bridgehead atoms. The minimum absolute atomic E-state index is 0.426. The Morgan fingerprint density at radius 1 is 1.27 bits per heavy atom. The molecule has 6 heteroatoms. The summed E-state index contributed by atoms with van der Waals surface area (Å²) in [5.74, 6) is 2.13. The van der Waals surface area contributed by atoms with Crippen molar-refractivity contribution in [2.75, 3.05) is 20.3 Å². The highest BCUT2D eigenvalue weighted by Crippen LogP contribution is 2.38. The van der Waals surface area contributed by atoms with Crippen LogP contribution in [0.25, 0.3) is 0 Å². The lowest BCUT2D eigenvalue weighted by molar-refractivity contribution is 0.171. The molecule has 0 saturated carbocycles. The first-order chi connectivity index (χ1) is 10.8. The third-order valence-corrected chi connectivity index (χ3v) is 3.97. The van der Waals surface area contributed by atoms with Gasteiger partial charge in [-0.3, -0.25) is 4.99 Å². The van der Waals surface area contributed by atoms with Crippen molar-refractivity contribution in [1.82, 2.24) is 10.6 Å².